The van der Waals surface area contributed by atoms with Crippen molar-refractivity contribution in [3.8, 4) is 0 Å². The van der Waals surface area contributed by atoms with E-state index in [1.54, 1.807) is 31.7 Å². The molecule has 3 rings (SSSR count). The van der Waals surface area contributed by atoms with Crippen LogP contribution in [0.1, 0.15) is 25.8 Å². The minimum absolute atomic E-state index is 0.135. The maximum Gasteiger partial charge on any atom is 0.178 e. The van der Waals surface area contributed by atoms with Crippen molar-refractivity contribution in [1.82, 2.24) is 14.8 Å². The molecule has 1 fully saturated rings. The number of hydrogen-bond donors (Lipinski definition) is 0. The summed E-state index contributed by atoms with van der Waals surface area (Å²) < 4.78 is 25.6. The zero-order valence-electron chi connectivity index (χ0n) is 12.6. The summed E-state index contributed by atoms with van der Waals surface area (Å²) in [6.07, 6.45) is 5.36. The van der Waals surface area contributed by atoms with Gasteiger partial charge in [-0.1, -0.05) is 6.92 Å². The first-order valence-electron chi connectivity index (χ1n) is 7.52. The van der Waals surface area contributed by atoms with Gasteiger partial charge in [0, 0.05) is 18.8 Å². The van der Waals surface area contributed by atoms with E-state index in [-0.39, 0.29) is 5.75 Å². The van der Waals surface area contributed by atoms with Gasteiger partial charge in [0.2, 0.25) is 0 Å². The second-order valence-electron chi connectivity index (χ2n) is 5.49. The second-order valence-corrected chi connectivity index (χ2v) is 7.77. The van der Waals surface area contributed by atoms with E-state index in [9.17, 15) is 8.42 Å². The van der Waals surface area contributed by atoms with Gasteiger partial charge in [-0.25, -0.2) is 18.1 Å². The highest BCUT2D eigenvalue weighted by atomic mass is 32.2. The fourth-order valence-electron chi connectivity index (χ4n) is 2.83. The summed E-state index contributed by atoms with van der Waals surface area (Å²) in [5, 5.41) is 4.21. The van der Waals surface area contributed by atoms with Crippen LogP contribution in [0.25, 0.3) is 0 Å². The minimum atomic E-state index is -3.12. The Balaban J connectivity index is 1.66. The van der Waals surface area contributed by atoms with Gasteiger partial charge in [-0.05, 0) is 37.1 Å². The Morgan fingerprint density at radius 3 is 2.41 bits per heavy atom. The maximum absolute atomic E-state index is 11.8. The first kappa shape index (κ1) is 15.0. The Bertz CT molecular complexity index is 703. The lowest BCUT2D eigenvalue weighted by molar-refractivity contribution is 0.366. The third-order valence-electron chi connectivity index (χ3n) is 4.22. The van der Waals surface area contributed by atoms with Crippen molar-refractivity contribution in [3.05, 3.63) is 36.9 Å². The molecule has 0 radical (unpaired) electrons. The molecule has 1 saturated heterocycles. The molecule has 2 heterocycles. The van der Waals surface area contributed by atoms with Crippen molar-refractivity contribution in [2.24, 2.45) is 0 Å². The first-order valence-corrected chi connectivity index (χ1v) is 9.17. The molecule has 0 spiro atoms. The zero-order valence-corrected chi connectivity index (χ0v) is 13.4. The predicted molar refractivity (Wildman–Crippen MR) is 84.7 cm³/mol. The zero-order chi connectivity index (χ0) is 15.6. The van der Waals surface area contributed by atoms with Gasteiger partial charge in [0.1, 0.15) is 12.7 Å². The van der Waals surface area contributed by atoms with Gasteiger partial charge >= 0.3 is 0 Å². The monoisotopic (exact) mass is 320 g/mol. The molecule has 1 aromatic heterocycles. The number of sulfone groups is 1. The van der Waals surface area contributed by atoms with Gasteiger partial charge < -0.3 is 4.90 Å². The topological polar surface area (TPSA) is 68.1 Å². The number of nitrogens with zero attached hydrogens (tertiary/aromatic N) is 4. The Morgan fingerprint density at radius 2 is 1.86 bits per heavy atom. The Kier molecular flexibility index (Phi) is 4.15. The summed E-state index contributed by atoms with van der Waals surface area (Å²) in [5.74, 6) is 0.135. The van der Waals surface area contributed by atoms with Crippen LogP contribution >= 0.6 is 0 Å². The largest absolute Gasteiger partial charge is 0.371 e. The van der Waals surface area contributed by atoms with Gasteiger partial charge in [0.05, 0.1) is 16.7 Å². The standard InChI is InChI=1S/C15H20N4O2S/c1-2-22(20,21)15-5-3-13(4-6-15)18-9-7-14(8-10-18)19-12-16-11-17-19/h3-6,11-12,14H,2,7-10H2,1H3. The van der Waals surface area contributed by atoms with Crippen molar-refractivity contribution in [2.45, 2.75) is 30.7 Å². The molecule has 0 atom stereocenters. The molecular weight excluding hydrogens is 300 g/mol. The molecule has 0 amide bonds. The Hall–Kier alpha value is -1.89. The molecule has 0 bridgehead atoms. The molecule has 0 aliphatic carbocycles. The molecule has 0 N–H and O–H groups in total. The molecular formula is C15H20N4O2S. The van der Waals surface area contributed by atoms with Crippen molar-refractivity contribution in [2.75, 3.05) is 23.7 Å². The molecule has 22 heavy (non-hydrogen) atoms. The van der Waals surface area contributed by atoms with Crippen LogP contribution in [-0.4, -0.2) is 42.0 Å². The van der Waals surface area contributed by atoms with E-state index < -0.39 is 9.84 Å². The van der Waals surface area contributed by atoms with Crippen molar-refractivity contribution >= 4 is 15.5 Å². The highest BCUT2D eigenvalue weighted by molar-refractivity contribution is 7.91. The fraction of sp³-hybridized carbons (Fsp3) is 0.467. The van der Waals surface area contributed by atoms with Crippen LogP contribution in [0.4, 0.5) is 5.69 Å². The molecule has 6 nitrogen and oxygen atoms in total. The van der Waals surface area contributed by atoms with E-state index in [0.717, 1.165) is 31.6 Å². The summed E-state index contributed by atoms with van der Waals surface area (Å²) >= 11 is 0. The van der Waals surface area contributed by atoms with Crippen molar-refractivity contribution < 1.29 is 8.42 Å². The maximum atomic E-state index is 11.8. The van der Waals surface area contributed by atoms with E-state index >= 15 is 0 Å². The Morgan fingerprint density at radius 1 is 1.18 bits per heavy atom. The average Bonchev–Trinajstić information content (AvgIpc) is 3.10. The van der Waals surface area contributed by atoms with Crippen LogP contribution in [0.15, 0.2) is 41.8 Å². The van der Waals surface area contributed by atoms with Crippen LogP contribution in [0, 0.1) is 0 Å². The quantitative estimate of drug-likeness (QED) is 0.861. The molecule has 118 valence electrons. The number of benzene rings is 1. The molecule has 0 saturated carbocycles. The predicted octanol–water partition coefficient (Wildman–Crippen LogP) is 1.91. The summed E-state index contributed by atoms with van der Waals surface area (Å²) in [4.78, 5) is 6.68. The van der Waals surface area contributed by atoms with E-state index in [0.29, 0.717) is 10.9 Å². The Labute approximate surface area is 130 Å². The van der Waals surface area contributed by atoms with Gasteiger partial charge in [0.15, 0.2) is 9.84 Å². The lowest BCUT2D eigenvalue weighted by atomic mass is 10.0. The third-order valence-corrected chi connectivity index (χ3v) is 5.97. The van der Waals surface area contributed by atoms with Crippen LogP contribution in [0.5, 0.6) is 0 Å². The lowest BCUT2D eigenvalue weighted by Gasteiger charge is -2.33. The van der Waals surface area contributed by atoms with Crippen LogP contribution < -0.4 is 4.90 Å². The molecule has 1 aromatic carbocycles. The molecule has 7 heteroatoms. The van der Waals surface area contributed by atoms with Crippen LogP contribution in [0.3, 0.4) is 0 Å². The van der Waals surface area contributed by atoms with Crippen molar-refractivity contribution in [1.29, 1.82) is 0 Å². The van der Waals surface area contributed by atoms with E-state index in [4.69, 9.17) is 0 Å². The number of piperidine rings is 1. The van der Waals surface area contributed by atoms with Crippen LogP contribution in [0.2, 0.25) is 0 Å². The summed E-state index contributed by atoms with van der Waals surface area (Å²) in [6, 6.07) is 7.62. The van der Waals surface area contributed by atoms with Gasteiger partial charge in [0.25, 0.3) is 0 Å². The molecule has 0 unspecified atom stereocenters. The number of aromatic nitrogens is 3. The molecule has 1 aliphatic rings. The third kappa shape index (κ3) is 2.99. The smallest absolute Gasteiger partial charge is 0.178 e. The normalized spacial score (nSPS) is 16.9. The van der Waals surface area contributed by atoms with Gasteiger partial charge in [-0.3, -0.25) is 0 Å². The molecule has 1 aliphatic heterocycles. The first-order chi connectivity index (χ1) is 10.6. The number of rotatable bonds is 4. The highest BCUT2D eigenvalue weighted by Crippen LogP contribution is 2.26. The fourth-order valence-corrected chi connectivity index (χ4v) is 3.71. The summed E-state index contributed by atoms with van der Waals surface area (Å²) in [5.41, 5.74) is 1.08. The molecule has 2 aromatic rings. The van der Waals surface area contributed by atoms with E-state index in [1.165, 1.54) is 0 Å². The van der Waals surface area contributed by atoms with Crippen LogP contribution in [-0.2, 0) is 9.84 Å². The summed E-state index contributed by atoms with van der Waals surface area (Å²) in [6.45, 7) is 3.53. The summed E-state index contributed by atoms with van der Waals surface area (Å²) in [7, 11) is -3.12. The van der Waals surface area contributed by atoms with Gasteiger partial charge in [-0.2, -0.15) is 5.10 Å². The second kappa shape index (κ2) is 6.08. The minimum Gasteiger partial charge on any atom is -0.371 e. The van der Waals surface area contributed by atoms with E-state index in [2.05, 4.69) is 15.0 Å². The van der Waals surface area contributed by atoms with Gasteiger partial charge in [-0.15, -0.1) is 0 Å². The number of anilines is 1. The average molecular weight is 320 g/mol. The number of hydrogen-bond acceptors (Lipinski definition) is 5. The lowest BCUT2D eigenvalue weighted by Crippen LogP contribution is -2.34. The van der Waals surface area contributed by atoms with E-state index in [1.807, 2.05) is 16.8 Å². The highest BCUT2D eigenvalue weighted by Gasteiger charge is 2.21. The SMILES string of the molecule is CCS(=O)(=O)c1ccc(N2CCC(n3cncn3)CC2)cc1. The van der Waals surface area contributed by atoms with Crippen molar-refractivity contribution in [3.63, 3.8) is 0 Å².